The Bertz CT molecular complexity index is 715. The summed E-state index contributed by atoms with van der Waals surface area (Å²) in [6, 6.07) is 11.6. The Labute approximate surface area is 164 Å². The summed E-state index contributed by atoms with van der Waals surface area (Å²) in [5.74, 6) is 0.711. The van der Waals surface area contributed by atoms with Crippen molar-refractivity contribution in [1.29, 1.82) is 0 Å². The van der Waals surface area contributed by atoms with Crippen LogP contribution >= 0.6 is 11.3 Å². The molecule has 0 saturated carbocycles. The zero-order chi connectivity index (χ0) is 19.6. The van der Waals surface area contributed by atoms with E-state index in [1.54, 1.807) is 13.2 Å². The standard InChI is InChI=1S/C20H27N3O3S/c1-23(2)17(15-8-10-16(26-3)11-9-15)14-22-19(24)7-4-12-21-20(25)18-6-5-13-27-18/h5-6,8-11,13,17H,4,7,12,14H2,1-3H3,(H,21,25)(H,22,24). The van der Waals surface area contributed by atoms with E-state index < -0.39 is 0 Å². The molecule has 2 rings (SSSR count). The Hall–Kier alpha value is -2.38. The number of carbonyl (C=O) groups excluding carboxylic acids is 2. The molecule has 2 amide bonds. The predicted octanol–water partition coefficient (Wildman–Crippen LogP) is 2.69. The van der Waals surface area contributed by atoms with Crippen LogP contribution in [0.25, 0.3) is 0 Å². The highest BCUT2D eigenvalue weighted by Gasteiger charge is 2.15. The summed E-state index contributed by atoms with van der Waals surface area (Å²) in [6.07, 6.45) is 0.992. The molecule has 0 fully saturated rings. The van der Waals surface area contributed by atoms with Gasteiger partial charge < -0.3 is 20.3 Å². The molecule has 6 nitrogen and oxygen atoms in total. The first-order chi connectivity index (χ1) is 13.0. The highest BCUT2D eigenvalue weighted by atomic mass is 32.1. The third kappa shape index (κ3) is 6.69. The summed E-state index contributed by atoms with van der Waals surface area (Å²) in [5, 5.41) is 7.68. The smallest absolute Gasteiger partial charge is 0.261 e. The van der Waals surface area contributed by atoms with E-state index in [-0.39, 0.29) is 17.9 Å². The lowest BCUT2D eigenvalue weighted by atomic mass is 10.1. The summed E-state index contributed by atoms with van der Waals surface area (Å²) in [7, 11) is 5.61. The first-order valence-electron chi connectivity index (χ1n) is 8.90. The van der Waals surface area contributed by atoms with Gasteiger partial charge in [0.2, 0.25) is 5.91 Å². The maximum Gasteiger partial charge on any atom is 0.261 e. The van der Waals surface area contributed by atoms with Gasteiger partial charge in [-0.3, -0.25) is 9.59 Å². The third-order valence-electron chi connectivity index (χ3n) is 4.23. The summed E-state index contributed by atoms with van der Waals surface area (Å²) in [4.78, 5) is 26.7. The average molecular weight is 390 g/mol. The molecule has 0 aliphatic heterocycles. The van der Waals surface area contributed by atoms with Gasteiger partial charge in [-0.15, -0.1) is 11.3 Å². The van der Waals surface area contributed by atoms with Gasteiger partial charge >= 0.3 is 0 Å². The normalized spacial score (nSPS) is 11.9. The van der Waals surface area contributed by atoms with Gasteiger partial charge in [0, 0.05) is 19.5 Å². The number of nitrogens with zero attached hydrogens (tertiary/aromatic N) is 1. The molecular weight excluding hydrogens is 362 g/mol. The Morgan fingerprint density at radius 1 is 1.15 bits per heavy atom. The monoisotopic (exact) mass is 389 g/mol. The van der Waals surface area contributed by atoms with Crippen molar-refractivity contribution in [2.24, 2.45) is 0 Å². The van der Waals surface area contributed by atoms with E-state index in [2.05, 4.69) is 15.5 Å². The molecule has 0 aliphatic carbocycles. The predicted molar refractivity (Wildman–Crippen MR) is 108 cm³/mol. The second-order valence-corrected chi connectivity index (χ2v) is 7.34. The second kappa shape index (κ2) is 10.7. The molecular formula is C20H27N3O3S. The number of amides is 2. The van der Waals surface area contributed by atoms with Gasteiger partial charge in [-0.1, -0.05) is 18.2 Å². The SMILES string of the molecule is COc1ccc(C(CNC(=O)CCCNC(=O)c2cccs2)N(C)C)cc1. The third-order valence-corrected chi connectivity index (χ3v) is 5.10. The molecule has 0 aliphatic rings. The van der Waals surface area contributed by atoms with Crippen LogP contribution in [-0.2, 0) is 4.79 Å². The molecule has 0 radical (unpaired) electrons. The number of likely N-dealkylation sites (N-methyl/N-ethyl adjacent to an activating group) is 1. The van der Waals surface area contributed by atoms with Crippen LogP contribution in [0.4, 0.5) is 0 Å². The second-order valence-electron chi connectivity index (χ2n) is 6.39. The van der Waals surface area contributed by atoms with E-state index in [1.807, 2.05) is 49.8 Å². The highest BCUT2D eigenvalue weighted by molar-refractivity contribution is 7.12. The molecule has 2 aromatic rings. The van der Waals surface area contributed by atoms with Crippen LogP contribution in [0.15, 0.2) is 41.8 Å². The van der Waals surface area contributed by atoms with Gasteiger partial charge in [-0.25, -0.2) is 0 Å². The number of ether oxygens (including phenoxy) is 1. The number of hydrogen-bond donors (Lipinski definition) is 2. The summed E-state index contributed by atoms with van der Waals surface area (Å²) >= 11 is 1.41. The molecule has 1 aromatic carbocycles. The Balaban J connectivity index is 1.72. The van der Waals surface area contributed by atoms with Gasteiger partial charge in [-0.05, 0) is 49.7 Å². The highest BCUT2D eigenvalue weighted by Crippen LogP contribution is 2.20. The summed E-state index contributed by atoms with van der Waals surface area (Å²) in [6.45, 7) is 1.01. The molecule has 0 bridgehead atoms. The quantitative estimate of drug-likeness (QED) is 0.613. The Morgan fingerprint density at radius 3 is 2.48 bits per heavy atom. The molecule has 0 spiro atoms. The largest absolute Gasteiger partial charge is 0.497 e. The molecule has 1 aromatic heterocycles. The number of benzene rings is 1. The first kappa shape index (κ1) is 20.9. The molecule has 1 atom stereocenters. The molecule has 146 valence electrons. The van der Waals surface area contributed by atoms with E-state index in [9.17, 15) is 9.59 Å². The van der Waals surface area contributed by atoms with Crippen molar-refractivity contribution in [3.63, 3.8) is 0 Å². The first-order valence-corrected chi connectivity index (χ1v) is 9.78. The Morgan fingerprint density at radius 2 is 1.89 bits per heavy atom. The minimum atomic E-state index is -0.0856. The van der Waals surface area contributed by atoms with Crippen molar-refractivity contribution in [3.8, 4) is 5.75 Å². The maximum absolute atomic E-state index is 12.1. The van der Waals surface area contributed by atoms with E-state index in [0.717, 1.165) is 11.3 Å². The average Bonchev–Trinajstić information content (AvgIpc) is 3.20. The van der Waals surface area contributed by atoms with Crippen LogP contribution in [0.1, 0.15) is 34.1 Å². The van der Waals surface area contributed by atoms with Crippen molar-refractivity contribution in [2.45, 2.75) is 18.9 Å². The molecule has 0 saturated heterocycles. The number of carbonyl (C=O) groups is 2. The minimum Gasteiger partial charge on any atom is -0.497 e. The fourth-order valence-electron chi connectivity index (χ4n) is 2.67. The fourth-order valence-corrected chi connectivity index (χ4v) is 3.31. The van der Waals surface area contributed by atoms with Crippen molar-refractivity contribution >= 4 is 23.2 Å². The zero-order valence-electron chi connectivity index (χ0n) is 16.0. The lowest BCUT2D eigenvalue weighted by Gasteiger charge is -2.25. The van der Waals surface area contributed by atoms with Crippen LogP contribution in [0.5, 0.6) is 5.75 Å². The van der Waals surface area contributed by atoms with Gasteiger partial charge in [0.05, 0.1) is 18.0 Å². The molecule has 2 N–H and O–H groups in total. The minimum absolute atomic E-state index is 0.0132. The van der Waals surface area contributed by atoms with Gasteiger partial charge in [0.1, 0.15) is 5.75 Å². The van der Waals surface area contributed by atoms with Crippen LogP contribution in [0.3, 0.4) is 0 Å². The number of thiophene rings is 1. The number of methoxy groups -OCH3 is 1. The fraction of sp³-hybridized carbons (Fsp3) is 0.400. The van der Waals surface area contributed by atoms with Crippen molar-refractivity contribution in [3.05, 3.63) is 52.2 Å². The van der Waals surface area contributed by atoms with Gasteiger partial charge in [-0.2, -0.15) is 0 Å². The summed E-state index contributed by atoms with van der Waals surface area (Å²) in [5.41, 5.74) is 1.12. The lowest BCUT2D eigenvalue weighted by molar-refractivity contribution is -0.121. The zero-order valence-corrected chi connectivity index (χ0v) is 16.8. The van der Waals surface area contributed by atoms with Crippen LogP contribution in [0.2, 0.25) is 0 Å². The van der Waals surface area contributed by atoms with E-state index in [4.69, 9.17) is 4.74 Å². The van der Waals surface area contributed by atoms with Crippen molar-refractivity contribution < 1.29 is 14.3 Å². The van der Waals surface area contributed by atoms with Crippen molar-refractivity contribution in [1.82, 2.24) is 15.5 Å². The number of hydrogen-bond acceptors (Lipinski definition) is 5. The van der Waals surface area contributed by atoms with Crippen LogP contribution < -0.4 is 15.4 Å². The van der Waals surface area contributed by atoms with Crippen LogP contribution in [0, 0.1) is 0 Å². The number of rotatable bonds is 10. The molecule has 7 heteroatoms. The molecule has 1 heterocycles. The van der Waals surface area contributed by atoms with E-state index >= 15 is 0 Å². The van der Waals surface area contributed by atoms with Gasteiger partial charge in [0.15, 0.2) is 0 Å². The molecule has 27 heavy (non-hydrogen) atoms. The van der Waals surface area contributed by atoms with Crippen molar-refractivity contribution in [2.75, 3.05) is 34.3 Å². The maximum atomic E-state index is 12.1. The number of nitrogens with one attached hydrogen (secondary N) is 2. The summed E-state index contributed by atoms with van der Waals surface area (Å²) < 4.78 is 5.19. The van der Waals surface area contributed by atoms with E-state index in [0.29, 0.717) is 30.8 Å². The topological polar surface area (TPSA) is 70.7 Å². The molecule has 1 unspecified atom stereocenters. The van der Waals surface area contributed by atoms with Gasteiger partial charge in [0.25, 0.3) is 5.91 Å². The van der Waals surface area contributed by atoms with E-state index in [1.165, 1.54) is 11.3 Å². The lowest BCUT2D eigenvalue weighted by Crippen LogP contribution is -2.35. The Kier molecular flexibility index (Phi) is 8.29. The van der Waals surface area contributed by atoms with Crippen LogP contribution in [-0.4, -0.2) is 51.0 Å².